The fraction of sp³-hybridized carbons (Fsp3) is 0.545. The van der Waals surface area contributed by atoms with E-state index in [4.69, 9.17) is 0 Å². The van der Waals surface area contributed by atoms with Crippen molar-refractivity contribution in [3.63, 3.8) is 0 Å². The predicted molar refractivity (Wildman–Crippen MR) is 102 cm³/mol. The molecule has 0 radical (unpaired) electrons. The Labute approximate surface area is 142 Å². The lowest BCUT2D eigenvalue weighted by atomic mass is 9.97. The van der Waals surface area contributed by atoms with Crippen LogP contribution in [0.1, 0.15) is 75.9 Å². The number of benzene rings is 1. The van der Waals surface area contributed by atoms with E-state index in [1.165, 1.54) is 57.1 Å². The minimum absolute atomic E-state index is 1.19. The summed E-state index contributed by atoms with van der Waals surface area (Å²) in [5.74, 6) is 0. The van der Waals surface area contributed by atoms with E-state index in [0.29, 0.717) is 0 Å². The summed E-state index contributed by atoms with van der Waals surface area (Å²) < 4.78 is 2.60. The van der Waals surface area contributed by atoms with E-state index in [0.717, 1.165) is 0 Å². The second-order valence-electron chi connectivity index (χ2n) is 6.52. The van der Waals surface area contributed by atoms with Gasteiger partial charge >= 0.3 is 0 Å². The maximum Gasteiger partial charge on any atom is 0.0455 e. The van der Waals surface area contributed by atoms with Crippen LogP contribution in [0.25, 0.3) is 5.69 Å². The fourth-order valence-corrected chi connectivity index (χ4v) is 3.76. The first-order valence-corrected chi connectivity index (χ1v) is 9.57. The SMILES string of the molecule is CCCc1c(CCC)c(CCC)n(-c2ccccc2)c1CCC. The summed E-state index contributed by atoms with van der Waals surface area (Å²) in [6.45, 7) is 9.23. The summed E-state index contributed by atoms with van der Waals surface area (Å²) in [7, 11) is 0. The lowest BCUT2D eigenvalue weighted by Crippen LogP contribution is -2.06. The monoisotopic (exact) mass is 311 g/mol. The summed E-state index contributed by atoms with van der Waals surface area (Å²) in [4.78, 5) is 0. The van der Waals surface area contributed by atoms with Crippen molar-refractivity contribution in [2.45, 2.75) is 79.1 Å². The van der Waals surface area contributed by atoms with E-state index < -0.39 is 0 Å². The summed E-state index contributed by atoms with van der Waals surface area (Å²) in [6, 6.07) is 11.0. The molecule has 0 bridgehead atoms. The van der Waals surface area contributed by atoms with Crippen LogP contribution in [-0.2, 0) is 25.7 Å². The minimum atomic E-state index is 1.19. The van der Waals surface area contributed by atoms with Crippen molar-refractivity contribution in [1.29, 1.82) is 0 Å². The van der Waals surface area contributed by atoms with Crippen LogP contribution in [0.15, 0.2) is 30.3 Å². The molecule has 0 N–H and O–H groups in total. The van der Waals surface area contributed by atoms with Crippen molar-refractivity contribution in [1.82, 2.24) is 4.57 Å². The third-order valence-corrected chi connectivity index (χ3v) is 4.59. The standard InChI is InChI=1S/C22H33N/c1-5-12-19-20(13-6-2)22(15-8-4)23(21(19)14-7-3)18-16-10-9-11-17-18/h9-11,16-17H,5-8,12-15H2,1-4H3. The molecule has 0 spiro atoms. The first-order valence-electron chi connectivity index (χ1n) is 9.57. The molecule has 23 heavy (non-hydrogen) atoms. The van der Waals surface area contributed by atoms with E-state index in [1.807, 2.05) is 0 Å². The Morgan fingerprint density at radius 3 is 1.43 bits per heavy atom. The van der Waals surface area contributed by atoms with Crippen molar-refractivity contribution in [2.75, 3.05) is 0 Å². The topological polar surface area (TPSA) is 4.93 Å². The van der Waals surface area contributed by atoms with Crippen LogP contribution in [-0.4, -0.2) is 4.57 Å². The molecule has 0 unspecified atom stereocenters. The molecule has 0 saturated heterocycles. The predicted octanol–water partition coefficient (Wildman–Crippen LogP) is 6.29. The lowest BCUT2D eigenvalue weighted by Gasteiger charge is -2.14. The molecular weight excluding hydrogens is 278 g/mol. The molecular formula is C22H33N. The number of para-hydroxylation sites is 1. The van der Waals surface area contributed by atoms with E-state index >= 15 is 0 Å². The van der Waals surface area contributed by atoms with Crippen molar-refractivity contribution in [3.8, 4) is 5.69 Å². The number of aromatic nitrogens is 1. The van der Waals surface area contributed by atoms with Gasteiger partial charge in [-0.15, -0.1) is 0 Å². The number of nitrogens with zero attached hydrogens (tertiary/aromatic N) is 1. The third-order valence-electron chi connectivity index (χ3n) is 4.59. The average Bonchev–Trinajstić information content (AvgIpc) is 2.84. The maximum absolute atomic E-state index is 2.60. The molecule has 0 aliphatic rings. The van der Waals surface area contributed by atoms with Gasteiger partial charge in [0.25, 0.3) is 0 Å². The maximum atomic E-state index is 2.60. The highest BCUT2D eigenvalue weighted by molar-refractivity contribution is 5.47. The van der Waals surface area contributed by atoms with Gasteiger partial charge in [0.1, 0.15) is 0 Å². The van der Waals surface area contributed by atoms with Crippen LogP contribution in [0.4, 0.5) is 0 Å². The molecule has 0 amide bonds. The zero-order chi connectivity index (χ0) is 16.7. The molecule has 0 saturated carbocycles. The van der Waals surface area contributed by atoms with Crippen LogP contribution in [0, 0.1) is 0 Å². The molecule has 1 heteroatoms. The largest absolute Gasteiger partial charge is 0.317 e. The minimum Gasteiger partial charge on any atom is -0.317 e. The Kier molecular flexibility index (Phi) is 6.95. The van der Waals surface area contributed by atoms with Gasteiger partial charge < -0.3 is 4.57 Å². The Balaban J connectivity index is 2.71. The third kappa shape index (κ3) is 3.88. The lowest BCUT2D eigenvalue weighted by molar-refractivity contribution is 0.772. The quantitative estimate of drug-likeness (QED) is 0.513. The van der Waals surface area contributed by atoms with Gasteiger partial charge in [0, 0.05) is 17.1 Å². The zero-order valence-corrected chi connectivity index (χ0v) is 15.5. The number of hydrogen-bond acceptors (Lipinski definition) is 0. The molecule has 1 aromatic carbocycles. The Morgan fingerprint density at radius 1 is 0.609 bits per heavy atom. The first-order chi connectivity index (χ1) is 11.3. The molecule has 1 aromatic heterocycles. The summed E-state index contributed by atoms with van der Waals surface area (Å²) in [6.07, 6.45) is 9.71. The highest BCUT2D eigenvalue weighted by atomic mass is 15.0. The molecule has 0 aliphatic carbocycles. The van der Waals surface area contributed by atoms with Crippen molar-refractivity contribution < 1.29 is 0 Å². The van der Waals surface area contributed by atoms with E-state index in [9.17, 15) is 0 Å². The Bertz CT molecular complexity index is 559. The van der Waals surface area contributed by atoms with Gasteiger partial charge in [-0.25, -0.2) is 0 Å². The fourth-order valence-electron chi connectivity index (χ4n) is 3.76. The van der Waals surface area contributed by atoms with Gasteiger partial charge in [0.05, 0.1) is 0 Å². The molecule has 0 fully saturated rings. The number of rotatable bonds is 9. The molecule has 1 heterocycles. The van der Waals surface area contributed by atoms with Gasteiger partial charge in [0.15, 0.2) is 0 Å². The highest BCUT2D eigenvalue weighted by Gasteiger charge is 2.21. The van der Waals surface area contributed by atoms with Crippen molar-refractivity contribution in [3.05, 3.63) is 52.8 Å². The Morgan fingerprint density at radius 2 is 1.04 bits per heavy atom. The number of hydrogen-bond donors (Lipinski definition) is 0. The van der Waals surface area contributed by atoms with Crippen LogP contribution < -0.4 is 0 Å². The molecule has 1 nitrogen and oxygen atoms in total. The first kappa shape index (κ1) is 17.8. The summed E-state index contributed by atoms with van der Waals surface area (Å²) >= 11 is 0. The van der Waals surface area contributed by atoms with Crippen molar-refractivity contribution >= 4 is 0 Å². The van der Waals surface area contributed by atoms with Gasteiger partial charge in [-0.2, -0.15) is 0 Å². The second-order valence-corrected chi connectivity index (χ2v) is 6.52. The molecule has 2 aromatic rings. The van der Waals surface area contributed by atoms with Gasteiger partial charge in [0.2, 0.25) is 0 Å². The van der Waals surface area contributed by atoms with E-state index in [2.05, 4.69) is 62.6 Å². The Hall–Kier alpha value is -1.50. The van der Waals surface area contributed by atoms with E-state index in [1.54, 1.807) is 22.5 Å². The summed E-state index contributed by atoms with van der Waals surface area (Å²) in [5, 5.41) is 0. The van der Waals surface area contributed by atoms with Crippen LogP contribution >= 0.6 is 0 Å². The second kappa shape index (κ2) is 8.96. The van der Waals surface area contributed by atoms with E-state index in [-0.39, 0.29) is 0 Å². The van der Waals surface area contributed by atoms with Crippen molar-refractivity contribution in [2.24, 2.45) is 0 Å². The van der Waals surface area contributed by atoms with Gasteiger partial charge in [-0.05, 0) is 48.9 Å². The van der Waals surface area contributed by atoms with Crippen LogP contribution in [0.5, 0.6) is 0 Å². The van der Waals surface area contributed by atoms with Gasteiger partial charge in [-0.3, -0.25) is 0 Å². The summed E-state index contributed by atoms with van der Waals surface area (Å²) in [5.41, 5.74) is 7.81. The molecule has 126 valence electrons. The smallest absolute Gasteiger partial charge is 0.0455 e. The van der Waals surface area contributed by atoms with Gasteiger partial charge in [-0.1, -0.05) is 71.6 Å². The average molecular weight is 312 g/mol. The highest BCUT2D eigenvalue weighted by Crippen LogP contribution is 2.31. The molecule has 2 rings (SSSR count). The zero-order valence-electron chi connectivity index (χ0n) is 15.5. The van der Waals surface area contributed by atoms with Crippen LogP contribution in [0.2, 0.25) is 0 Å². The molecule has 0 aliphatic heterocycles. The molecule has 0 atom stereocenters. The van der Waals surface area contributed by atoms with Crippen LogP contribution in [0.3, 0.4) is 0 Å². The normalized spacial score (nSPS) is 11.1.